The normalized spacial score (nSPS) is 14.2. The molecular weight excluding hydrogens is 384 g/mol. The predicted octanol–water partition coefficient (Wildman–Crippen LogP) is 3.24. The van der Waals surface area contributed by atoms with E-state index in [9.17, 15) is 9.90 Å². The summed E-state index contributed by atoms with van der Waals surface area (Å²) in [6, 6.07) is 11.3. The first-order chi connectivity index (χ1) is 13.6. The van der Waals surface area contributed by atoms with Crippen LogP contribution < -0.4 is 16.0 Å². The van der Waals surface area contributed by atoms with Crippen LogP contribution in [0.1, 0.15) is 55.4 Å². The molecule has 0 aliphatic carbocycles. The molecule has 29 heavy (non-hydrogen) atoms. The summed E-state index contributed by atoms with van der Waals surface area (Å²) in [6.07, 6.45) is 0. The zero-order valence-electron chi connectivity index (χ0n) is 17.9. The standard InChI is InChI=1S/C22H32N4O2S/c1-6-23-20(25-15-22(5,28)18-11-8-12-29-18)24-14-16-9-7-10-17(13-16)19(27)26-21(2,3)4/h7-13,28H,6,14-15H2,1-5H3,(H,26,27)(H2,23,24,25). The summed E-state index contributed by atoms with van der Waals surface area (Å²) in [4.78, 5) is 17.9. The first-order valence-electron chi connectivity index (χ1n) is 9.81. The van der Waals surface area contributed by atoms with Gasteiger partial charge in [0.15, 0.2) is 5.96 Å². The van der Waals surface area contributed by atoms with Crippen LogP contribution in [0.4, 0.5) is 0 Å². The Bertz CT molecular complexity index is 824. The maximum Gasteiger partial charge on any atom is 0.251 e. The maximum absolute atomic E-state index is 12.4. The third-order valence-electron chi connectivity index (χ3n) is 4.09. The third kappa shape index (κ3) is 7.51. The molecule has 158 valence electrons. The number of aliphatic imine (C=N–C) groups is 1. The van der Waals surface area contributed by atoms with Crippen LogP contribution in [0.5, 0.6) is 0 Å². The summed E-state index contributed by atoms with van der Waals surface area (Å²) in [6.45, 7) is 11.1. The lowest BCUT2D eigenvalue weighted by Gasteiger charge is -2.23. The molecule has 0 fully saturated rings. The monoisotopic (exact) mass is 416 g/mol. The molecule has 1 unspecified atom stereocenters. The van der Waals surface area contributed by atoms with Crippen molar-refractivity contribution in [3.05, 3.63) is 57.8 Å². The average molecular weight is 417 g/mol. The topological polar surface area (TPSA) is 85.8 Å². The van der Waals surface area contributed by atoms with Crippen LogP contribution in [0.3, 0.4) is 0 Å². The van der Waals surface area contributed by atoms with Crippen LogP contribution in [-0.2, 0) is 12.1 Å². The molecule has 2 aromatic rings. The molecule has 2 rings (SSSR count). The van der Waals surface area contributed by atoms with Crippen molar-refractivity contribution < 1.29 is 9.90 Å². The summed E-state index contributed by atoms with van der Waals surface area (Å²) < 4.78 is 0. The van der Waals surface area contributed by atoms with Gasteiger partial charge in [0.2, 0.25) is 0 Å². The molecule has 7 heteroatoms. The molecule has 6 nitrogen and oxygen atoms in total. The van der Waals surface area contributed by atoms with E-state index in [-0.39, 0.29) is 11.4 Å². The van der Waals surface area contributed by atoms with Crippen LogP contribution in [-0.4, -0.2) is 35.6 Å². The van der Waals surface area contributed by atoms with Gasteiger partial charge in [0, 0.05) is 22.5 Å². The fourth-order valence-electron chi connectivity index (χ4n) is 2.66. The zero-order valence-corrected chi connectivity index (χ0v) is 18.7. The lowest BCUT2D eigenvalue weighted by atomic mass is 10.1. The largest absolute Gasteiger partial charge is 0.383 e. The highest BCUT2D eigenvalue weighted by Gasteiger charge is 2.24. The van der Waals surface area contributed by atoms with Crippen LogP contribution in [0.15, 0.2) is 46.8 Å². The first-order valence-corrected chi connectivity index (χ1v) is 10.7. The summed E-state index contributed by atoms with van der Waals surface area (Å²) in [7, 11) is 0. The Labute approximate surface area is 177 Å². The SMILES string of the molecule is CCNC(=NCc1cccc(C(=O)NC(C)(C)C)c1)NCC(C)(O)c1cccs1. The highest BCUT2D eigenvalue weighted by Crippen LogP contribution is 2.24. The number of benzene rings is 1. The Hall–Kier alpha value is -2.38. The fourth-order valence-corrected chi connectivity index (χ4v) is 3.45. The van der Waals surface area contributed by atoms with Crippen molar-refractivity contribution >= 4 is 23.2 Å². The average Bonchev–Trinajstić information content (AvgIpc) is 3.19. The van der Waals surface area contributed by atoms with Gasteiger partial charge in [-0.15, -0.1) is 11.3 Å². The Morgan fingerprint density at radius 3 is 2.52 bits per heavy atom. The number of amides is 1. The predicted molar refractivity (Wildman–Crippen MR) is 120 cm³/mol. The molecule has 1 atom stereocenters. The van der Waals surface area contributed by atoms with Gasteiger partial charge in [0.25, 0.3) is 5.91 Å². The lowest BCUT2D eigenvalue weighted by molar-refractivity contribution is 0.0655. The fraction of sp³-hybridized carbons (Fsp3) is 0.455. The van der Waals surface area contributed by atoms with E-state index >= 15 is 0 Å². The molecule has 0 aliphatic rings. The van der Waals surface area contributed by atoms with Crippen molar-refractivity contribution in [3.63, 3.8) is 0 Å². The summed E-state index contributed by atoms with van der Waals surface area (Å²) in [5, 5.41) is 22.0. The van der Waals surface area contributed by atoms with Crippen LogP contribution in [0.2, 0.25) is 0 Å². The summed E-state index contributed by atoms with van der Waals surface area (Å²) in [5.41, 5.74) is 0.294. The number of hydrogen-bond donors (Lipinski definition) is 4. The minimum atomic E-state index is -0.977. The van der Waals surface area contributed by atoms with Crippen LogP contribution in [0.25, 0.3) is 0 Å². The van der Waals surface area contributed by atoms with Crippen LogP contribution in [0, 0.1) is 0 Å². The highest BCUT2D eigenvalue weighted by atomic mass is 32.1. The van der Waals surface area contributed by atoms with Crippen molar-refractivity contribution in [2.75, 3.05) is 13.1 Å². The Balaban J connectivity index is 2.04. The first kappa shape index (κ1) is 22.9. The van der Waals surface area contributed by atoms with Gasteiger partial charge in [0.05, 0.1) is 13.1 Å². The smallest absolute Gasteiger partial charge is 0.251 e. The third-order valence-corrected chi connectivity index (χ3v) is 5.22. The van der Waals surface area contributed by atoms with Gasteiger partial charge < -0.3 is 21.1 Å². The Kier molecular flexibility index (Phi) is 7.81. The van der Waals surface area contributed by atoms with E-state index in [0.717, 1.165) is 10.4 Å². The highest BCUT2D eigenvalue weighted by molar-refractivity contribution is 7.10. The second kappa shape index (κ2) is 9.89. The molecule has 1 aromatic heterocycles. The Morgan fingerprint density at radius 2 is 1.90 bits per heavy atom. The molecule has 0 aliphatic heterocycles. The number of nitrogens with one attached hydrogen (secondary N) is 3. The van der Waals surface area contributed by atoms with E-state index in [1.807, 2.05) is 63.4 Å². The molecule has 0 spiro atoms. The van der Waals surface area contributed by atoms with Gasteiger partial charge in [-0.3, -0.25) is 4.79 Å². The van der Waals surface area contributed by atoms with E-state index < -0.39 is 5.60 Å². The van der Waals surface area contributed by atoms with Crippen molar-refractivity contribution in [1.82, 2.24) is 16.0 Å². The summed E-state index contributed by atoms with van der Waals surface area (Å²) >= 11 is 1.52. The van der Waals surface area contributed by atoms with E-state index in [0.29, 0.717) is 31.2 Å². The number of hydrogen-bond acceptors (Lipinski definition) is 4. The molecular formula is C22H32N4O2S. The Morgan fingerprint density at radius 1 is 1.14 bits per heavy atom. The summed E-state index contributed by atoms with van der Waals surface area (Å²) in [5.74, 6) is 0.522. The molecule has 4 N–H and O–H groups in total. The van der Waals surface area contributed by atoms with Crippen molar-refractivity contribution in [2.45, 2.75) is 52.3 Å². The number of carbonyl (C=O) groups is 1. The molecule has 1 aromatic carbocycles. The minimum Gasteiger partial charge on any atom is -0.383 e. The lowest BCUT2D eigenvalue weighted by Crippen LogP contribution is -2.44. The van der Waals surface area contributed by atoms with Crippen LogP contribution >= 0.6 is 11.3 Å². The quantitative estimate of drug-likeness (QED) is 0.412. The van der Waals surface area contributed by atoms with Gasteiger partial charge in [-0.25, -0.2) is 4.99 Å². The van der Waals surface area contributed by atoms with Crippen molar-refractivity contribution in [3.8, 4) is 0 Å². The van der Waals surface area contributed by atoms with Crippen molar-refractivity contribution in [1.29, 1.82) is 0 Å². The van der Waals surface area contributed by atoms with E-state index in [2.05, 4.69) is 20.9 Å². The second-order valence-corrected chi connectivity index (χ2v) is 9.15. The number of nitrogens with zero attached hydrogens (tertiary/aromatic N) is 1. The minimum absolute atomic E-state index is 0.0969. The molecule has 1 amide bonds. The molecule has 0 bridgehead atoms. The zero-order chi connectivity index (χ0) is 21.5. The van der Waals surface area contributed by atoms with Gasteiger partial charge in [-0.2, -0.15) is 0 Å². The second-order valence-electron chi connectivity index (χ2n) is 8.20. The van der Waals surface area contributed by atoms with Gasteiger partial charge in [-0.05, 0) is 63.8 Å². The van der Waals surface area contributed by atoms with E-state index in [1.54, 1.807) is 13.0 Å². The van der Waals surface area contributed by atoms with E-state index in [1.165, 1.54) is 11.3 Å². The number of thiophene rings is 1. The van der Waals surface area contributed by atoms with Crippen molar-refractivity contribution in [2.24, 2.45) is 4.99 Å². The number of guanidine groups is 1. The van der Waals surface area contributed by atoms with Gasteiger partial charge >= 0.3 is 0 Å². The number of carbonyl (C=O) groups excluding carboxylic acids is 1. The van der Waals surface area contributed by atoms with E-state index in [4.69, 9.17) is 0 Å². The van der Waals surface area contributed by atoms with Gasteiger partial charge in [0.1, 0.15) is 5.60 Å². The van der Waals surface area contributed by atoms with Gasteiger partial charge in [-0.1, -0.05) is 18.2 Å². The number of aliphatic hydroxyl groups is 1. The molecule has 0 saturated heterocycles. The molecule has 1 heterocycles. The molecule has 0 saturated carbocycles. The maximum atomic E-state index is 12.4. The molecule has 0 radical (unpaired) electrons. The number of rotatable bonds is 7.